The Bertz CT molecular complexity index is 661. The van der Waals surface area contributed by atoms with Crippen molar-refractivity contribution in [2.45, 2.75) is 32.4 Å². The number of amides is 1. The minimum absolute atomic E-state index is 0.0832. The van der Waals surface area contributed by atoms with Gasteiger partial charge in [-0.2, -0.15) is 10.2 Å². The van der Waals surface area contributed by atoms with E-state index in [4.69, 9.17) is 0 Å². The van der Waals surface area contributed by atoms with E-state index < -0.39 is 0 Å². The molecule has 0 bridgehead atoms. The maximum atomic E-state index is 12.2. The lowest BCUT2D eigenvalue weighted by molar-refractivity contribution is 0.0896. The Balaban J connectivity index is 1.48. The summed E-state index contributed by atoms with van der Waals surface area (Å²) in [7, 11) is 1.82. The third-order valence-corrected chi connectivity index (χ3v) is 4.19. The van der Waals surface area contributed by atoms with E-state index in [2.05, 4.69) is 26.6 Å². The number of carbonyl (C=O) groups excluding carboxylic acids is 1. The summed E-state index contributed by atoms with van der Waals surface area (Å²) in [6.07, 6.45) is 7.85. The number of aryl methyl sites for hydroxylation is 2. The molecule has 7 nitrogen and oxygen atoms in total. The van der Waals surface area contributed by atoms with Gasteiger partial charge in [0, 0.05) is 38.6 Å². The topological polar surface area (TPSA) is 68.0 Å². The van der Waals surface area contributed by atoms with Crippen LogP contribution in [0.15, 0.2) is 24.7 Å². The monoisotopic (exact) mass is 316 g/mol. The van der Waals surface area contributed by atoms with Gasteiger partial charge in [-0.3, -0.25) is 19.1 Å². The summed E-state index contributed by atoms with van der Waals surface area (Å²) in [6, 6.07) is 1.94. The number of rotatable bonds is 5. The third-order valence-electron chi connectivity index (χ3n) is 4.19. The van der Waals surface area contributed by atoms with Crippen molar-refractivity contribution in [1.82, 2.24) is 29.8 Å². The molecule has 0 radical (unpaired) electrons. The van der Waals surface area contributed by atoms with Crippen molar-refractivity contribution in [3.8, 4) is 0 Å². The number of carbonyl (C=O) groups is 1. The number of hydrogen-bond acceptors (Lipinski definition) is 4. The zero-order valence-electron chi connectivity index (χ0n) is 13.8. The third kappa shape index (κ3) is 4.19. The van der Waals surface area contributed by atoms with Gasteiger partial charge in [0.1, 0.15) is 5.69 Å². The molecule has 3 rings (SSSR count). The molecule has 0 aliphatic carbocycles. The minimum Gasteiger partial charge on any atom is -0.347 e. The first-order valence-electron chi connectivity index (χ1n) is 8.12. The molecule has 124 valence electrons. The maximum Gasteiger partial charge on any atom is 0.272 e. The summed E-state index contributed by atoms with van der Waals surface area (Å²) in [4.78, 5) is 14.6. The fraction of sp³-hybridized carbons (Fsp3) is 0.562. The Morgan fingerprint density at radius 3 is 3.00 bits per heavy atom. The van der Waals surface area contributed by atoms with Crippen molar-refractivity contribution in [1.29, 1.82) is 0 Å². The van der Waals surface area contributed by atoms with E-state index in [0.29, 0.717) is 5.69 Å². The Hall–Kier alpha value is -2.15. The van der Waals surface area contributed by atoms with Gasteiger partial charge in [0.05, 0.1) is 12.7 Å². The van der Waals surface area contributed by atoms with Crippen LogP contribution in [0.5, 0.6) is 0 Å². The summed E-state index contributed by atoms with van der Waals surface area (Å²) in [5.74, 6) is -0.0832. The van der Waals surface area contributed by atoms with E-state index in [1.54, 1.807) is 16.9 Å². The summed E-state index contributed by atoms with van der Waals surface area (Å²) in [5.41, 5.74) is 1.67. The molecular formula is C16H24N6O. The van der Waals surface area contributed by atoms with E-state index in [1.165, 1.54) is 5.56 Å². The van der Waals surface area contributed by atoms with Crippen molar-refractivity contribution in [3.63, 3.8) is 0 Å². The number of nitrogens with zero attached hydrogens (tertiary/aromatic N) is 5. The van der Waals surface area contributed by atoms with Gasteiger partial charge in [-0.15, -0.1) is 0 Å². The zero-order valence-corrected chi connectivity index (χ0v) is 13.8. The van der Waals surface area contributed by atoms with Crippen molar-refractivity contribution in [2.24, 2.45) is 7.05 Å². The van der Waals surface area contributed by atoms with Gasteiger partial charge in [-0.25, -0.2) is 0 Å². The van der Waals surface area contributed by atoms with Crippen LogP contribution in [0.2, 0.25) is 0 Å². The SMILES string of the molecule is Cc1cnn(CCN2CCCC(NC(=O)c3ccn(C)n3)C2)c1. The first kappa shape index (κ1) is 15.7. The maximum absolute atomic E-state index is 12.2. The highest BCUT2D eigenvalue weighted by molar-refractivity contribution is 5.92. The smallest absolute Gasteiger partial charge is 0.272 e. The van der Waals surface area contributed by atoms with Crippen molar-refractivity contribution >= 4 is 5.91 Å². The Morgan fingerprint density at radius 1 is 1.43 bits per heavy atom. The highest BCUT2D eigenvalue weighted by atomic mass is 16.2. The van der Waals surface area contributed by atoms with E-state index in [-0.39, 0.29) is 11.9 Å². The van der Waals surface area contributed by atoms with Crippen molar-refractivity contribution in [3.05, 3.63) is 35.9 Å². The zero-order chi connectivity index (χ0) is 16.2. The van der Waals surface area contributed by atoms with Gasteiger partial charge in [0.25, 0.3) is 5.91 Å². The van der Waals surface area contributed by atoms with Crippen LogP contribution in [0.1, 0.15) is 28.9 Å². The minimum atomic E-state index is -0.0832. The first-order valence-corrected chi connectivity index (χ1v) is 8.12. The second kappa shape index (κ2) is 6.95. The van der Waals surface area contributed by atoms with Crippen molar-refractivity contribution < 1.29 is 4.79 Å². The molecule has 1 saturated heterocycles. The van der Waals surface area contributed by atoms with Gasteiger partial charge in [-0.1, -0.05) is 0 Å². The second-order valence-corrected chi connectivity index (χ2v) is 6.27. The van der Waals surface area contributed by atoms with Crippen LogP contribution in [0.4, 0.5) is 0 Å². The molecule has 2 aromatic rings. The van der Waals surface area contributed by atoms with Gasteiger partial charge in [-0.05, 0) is 37.9 Å². The van der Waals surface area contributed by atoms with Crippen LogP contribution in [0, 0.1) is 6.92 Å². The normalized spacial score (nSPS) is 19.0. The van der Waals surface area contributed by atoms with Crippen LogP contribution < -0.4 is 5.32 Å². The summed E-state index contributed by atoms with van der Waals surface area (Å²) < 4.78 is 3.62. The molecule has 1 aliphatic rings. The Kier molecular flexibility index (Phi) is 4.76. The van der Waals surface area contributed by atoms with Gasteiger partial charge < -0.3 is 5.32 Å². The predicted octanol–water partition coefficient (Wildman–Crippen LogP) is 0.819. The van der Waals surface area contributed by atoms with Crippen LogP contribution in [0.25, 0.3) is 0 Å². The Labute approximate surface area is 136 Å². The first-order chi connectivity index (χ1) is 11.1. The number of nitrogens with one attached hydrogen (secondary N) is 1. The van der Waals surface area contributed by atoms with Crippen LogP contribution >= 0.6 is 0 Å². The molecule has 1 amide bonds. The summed E-state index contributed by atoms with van der Waals surface area (Å²) >= 11 is 0. The largest absolute Gasteiger partial charge is 0.347 e. The molecule has 0 saturated carbocycles. The molecule has 1 atom stereocenters. The predicted molar refractivity (Wildman–Crippen MR) is 87.1 cm³/mol. The quantitative estimate of drug-likeness (QED) is 0.887. The lowest BCUT2D eigenvalue weighted by Crippen LogP contribution is -2.48. The molecule has 23 heavy (non-hydrogen) atoms. The summed E-state index contributed by atoms with van der Waals surface area (Å²) in [6.45, 7) is 5.86. The molecule has 2 aromatic heterocycles. The number of piperidine rings is 1. The van der Waals surface area contributed by atoms with Crippen LogP contribution in [-0.2, 0) is 13.6 Å². The molecule has 1 unspecified atom stereocenters. The number of hydrogen-bond donors (Lipinski definition) is 1. The lowest BCUT2D eigenvalue weighted by Gasteiger charge is -2.32. The fourth-order valence-electron chi connectivity index (χ4n) is 3.01. The van der Waals surface area contributed by atoms with E-state index in [0.717, 1.165) is 39.0 Å². The van der Waals surface area contributed by atoms with Crippen LogP contribution in [0.3, 0.4) is 0 Å². The molecule has 7 heteroatoms. The highest BCUT2D eigenvalue weighted by Gasteiger charge is 2.22. The highest BCUT2D eigenvalue weighted by Crippen LogP contribution is 2.11. The van der Waals surface area contributed by atoms with E-state index in [9.17, 15) is 4.79 Å². The molecule has 1 N–H and O–H groups in total. The lowest BCUT2D eigenvalue weighted by atomic mass is 10.1. The van der Waals surface area contributed by atoms with Gasteiger partial charge in [0.15, 0.2) is 0 Å². The molecular weight excluding hydrogens is 292 g/mol. The molecule has 3 heterocycles. The number of aromatic nitrogens is 4. The second-order valence-electron chi connectivity index (χ2n) is 6.27. The summed E-state index contributed by atoms with van der Waals surface area (Å²) in [5, 5.41) is 11.6. The van der Waals surface area contributed by atoms with Crippen molar-refractivity contribution in [2.75, 3.05) is 19.6 Å². The molecule has 1 aliphatic heterocycles. The molecule has 0 aromatic carbocycles. The Morgan fingerprint density at radius 2 is 2.30 bits per heavy atom. The van der Waals surface area contributed by atoms with Crippen LogP contribution in [-0.4, -0.2) is 56.0 Å². The standard InChI is InChI=1S/C16H24N6O/c1-13-10-17-22(11-13)9-8-21-6-3-4-14(12-21)18-16(23)15-5-7-20(2)19-15/h5,7,10-11,14H,3-4,6,8-9,12H2,1-2H3,(H,18,23). The molecule has 0 spiro atoms. The fourth-order valence-corrected chi connectivity index (χ4v) is 3.01. The van der Waals surface area contributed by atoms with E-state index >= 15 is 0 Å². The van der Waals surface area contributed by atoms with Gasteiger partial charge >= 0.3 is 0 Å². The van der Waals surface area contributed by atoms with Gasteiger partial charge in [0.2, 0.25) is 0 Å². The average Bonchev–Trinajstić information content (AvgIpc) is 3.14. The molecule has 1 fully saturated rings. The number of likely N-dealkylation sites (tertiary alicyclic amines) is 1. The van der Waals surface area contributed by atoms with E-state index in [1.807, 2.05) is 24.9 Å². The average molecular weight is 316 g/mol.